The number of aliphatic imine (C=N–C) groups is 1. The Hall–Kier alpha value is -1.26. The van der Waals surface area contributed by atoms with Gasteiger partial charge in [0.2, 0.25) is 0 Å². The van der Waals surface area contributed by atoms with Crippen molar-refractivity contribution in [3.8, 4) is 5.75 Å². The van der Waals surface area contributed by atoms with Crippen LogP contribution < -0.4 is 20.3 Å². The average Bonchev–Trinajstić information content (AvgIpc) is 3.42. The van der Waals surface area contributed by atoms with E-state index in [1.165, 1.54) is 12.1 Å². The molecule has 164 valence electrons. The van der Waals surface area contributed by atoms with Crippen molar-refractivity contribution in [1.29, 1.82) is 0 Å². The largest absolute Gasteiger partial charge is 0.497 e. The molecule has 2 fully saturated rings. The van der Waals surface area contributed by atoms with E-state index in [1.54, 1.807) is 7.11 Å². The molecule has 1 aromatic rings. The third-order valence-electron chi connectivity index (χ3n) is 5.34. The second kappa shape index (κ2) is 13.1. The highest BCUT2D eigenvalue weighted by molar-refractivity contribution is 14.0. The molecule has 0 saturated carbocycles. The first-order chi connectivity index (χ1) is 13.8. The molecule has 29 heavy (non-hydrogen) atoms. The fourth-order valence-corrected chi connectivity index (χ4v) is 3.68. The Morgan fingerprint density at radius 1 is 1.31 bits per heavy atom. The zero-order valence-corrected chi connectivity index (χ0v) is 19.9. The highest BCUT2D eigenvalue weighted by Gasteiger charge is 2.23. The molecule has 2 atom stereocenters. The zero-order chi connectivity index (χ0) is 19.6. The molecule has 2 aliphatic heterocycles. The molecule has 7 nitrogen and oxygen atoms in total. The number of guanidine groups is 1. The van der Waals surface area contributed by atoms with Gasteiger partial charge >= 0.3 is 0 Å². The van der Waals surface area contributed by atoms with Gasteiger partial charge in [-0.3, -0.25) is 4.99 Å². The van der Waals surface area contributed by atoms with E-state index >= 15 is 0 Å². The summed E-state index contributed by atoms with van der Waals surface area (Å²) >= 11 is 0. The summed E-state index contributed by atoms with van der Waals surface area (Å²) in [4.78, 5) is 6.75. The Kier molecular flexibility index (Phi) is 10.9. The van der Waals surface area contributed by atoms with Gasteiger partial charge in [-0.05, 0) is 37.3 Å². The summed E-state index contributed by atoms with van der Waals surface area (Å²) in [6.07, 6.45) is 3.44. The maximum Gasteiger partial charge on any atom is 0.190 e. The average molecular weight is 518 g/mol. The van der Waals surface area contributed by atoms with E-state index in [9.17, 15) is 0 Å². The van der Waals surface area contributed by atoms with Gasteiger partial charge in [-0.15, -0.1) is 24.0 Å². The third-order valence-corrected chi connectivity index (χ3v) is 5.34. The SMILES string of the molecule is CN=C(NCCCOC1CCOC1)NCC1CCN(c2cccc(OC)c2)C1.I. The number of anilines is 1. The maximum atomic E-state index is 5.79. The van der Waals surface area contributed by atoms with Crippen LogP contribution in [0.15, 0.2) is 29.3 Å². The first-order valence-electron chi connectivity index (χ1n) is 10.3. The molecule has 2 aliphatic rings. The number of rotatable bonds is 9. The van der Waals surface area contributed by atoms with Crippen molar-refractivity contribution >= 4 is 35.6 Å². The van der Waals surface area contributed by atoms with Crippen LogP contribution in [0.25, 0.3) is 0 Å². The Bertz CT molecular complexity index is 626. The molecule has 3 rings (SSSR count). The van der Waals surface area contributed by atoms with E-state index in [2.05, 4.69) is 38.7 Å². The Morgan fingerprint density at radius 2 is 2.21 bits per heavy atom. The van der Waals surface area contributed by atoms with Gasteiger partial charge in [0, 0.05) is 58.2 Å². The topological polar surface area (TPSA) is 67.4 Å². The van der Waals surface area contributed by atoms with Gasteiger partial charge in [0.15, 0.2) is 5.96 Å². The molecule has 2 N–H and O–H groups in total. The van der Waals surface area contributed by atoms with Crippen molar-refractivity contribution in [2.75, 3.05) is 65.1 Å². The van der Waals surface area contributed by atoms with Crippen LogP contribution in [0.4, 0.5) is 5.69 Å². The second-order valence-corrected chi connectivity index (χ2v) is 7.39. The lowest BCUT2D eigenvalue weighted by molar-refractivity contribution is 0.0420. The summed E-state index contributed by atoms with van der Waals surface area (Å²) < 4.78 is 16.4. The molecule has 2 saturated heterocycles. The van der Waals surface area contributed by atoms with Crippen LogP contribution in [0, 0.1) is 5.92 Å². The zero-order valence-electron chi connectivity index (χ0n) is 17.6. The minimum atomic E-state index is 0. The molecule has 0 radical (unpaired) electrons. The maximum absolute atomic E-state index is 5.79. The number of benzene rings is 1. The lowest BCUT2D eigenvalue weighted by Crippen LogP contribution is -2.40. The number of halogens is 1. The predicted octanol–water partition coefficient (Wildman–Crippen LogP) is 2.50. The van der Waals surface area contributed by atoms with Gasteiger partial charge in [0.05, 0.1) is 19.8 Å². The number of hydrogen-bond donors (Lipinski definition) is 2. The van der Waals surface area contributed by atoms with Crippen LogP contribution in [0.5, 0.6) is 5.75 Å². The second-order valence-electron chi connectivity index (χ2n) is 7.39. The van der Waals surface area contributed by atoms with E-state index in [4.69, 9.17) is 14.2 Å². The summed E-state index contributed by atoms with van der Waals surface area (Å²) in [6.45, 7) is 6.24. The van der Waals surface area contributed by atoms with Crippen molar-refractivity contribution < 1.29 is 14.2 Å². The number of hydrogen-bond acceptors (Lipinski definition) is 5. The fraction of sp³-hybridized carbons (Fsp3) is 0.667. The highest BCUT2D eigenvalue weighted by atomic mass is 127. The molecule has 1 aromatic carbocycles. The van der Waals surface area contributed by atoms with Crippen molar-refractivity contribution in [2.45, 2.75) is 25.4 Å². The summed E-state index contributed by atoms with van der Waals surface area (Å²) in [6, 6.07) is 8.30. The van der Waals surface area contributed by atoms with E-state index in [1.807, 2.05) is 13.1 Å². The smallest absolute Gasteiger partial charge is 0.190 e. The normalized spacial score (nSPS) is 21.7. The summed E-state index contributed by atoms with van der Waals surface area (Å²) in [5.74, 6) is 2.38. The van der Waals surface area contributed by atoms with Crippen molar-refractivity contribution in [3.05, 3.63) is 24.3 Å². The predicted molar refractivity (Wildman–Crippen MR) is 128 cm³/mol. The van der Waals surface area contributed by atoms with Gasteiger partial charge in [0.25, 0.3) is 0 Å². The van der Waals surface area contributed by atoms with Crippen LogP contribution in [-0.2, 0) is 9.47 Å². The molecule has 0 amide bonds. The Balaban J connectivity index is 0.00000300. The van der Waals surface area contributed by atoms with Crippen molar-refractivity contribution in [3.63, 3.8) is 0 Å². The van der Waals surface area contributed by atoms with E-state index < -0.39 is 0 Å². The Morgan fingerprint density at radius 3 is 2.97 bits per heavy atom. The standard InChI is InChI=1S/C21H34N4O3.HI/c1-22-21(23-9-4-11-28-20-8-12-27-16-20)24-14-17-7-10-25(15-17)18-5-3-6-19(13-18)26-2;/h3,5-6,13,17,20H,4,7-12,14-16H2,1-2H3,(H2,22,23,24);1H. The van der Waals surface area contributed by atoms with E-state index in [0.29, 0.717) is 5.92 Å². The molecule has 8 heteroatoms. The number of methoxy groups -OCH3 is 1. The molecule has 0 aliphatic carbocycles. The number of nitrogens with one attached hydrogen (secondary N) is 2. The molecule has 0 aromatic heterocycles. The molecule has 0 spiro atoms. The van der Waals surface area contributed by atoms with E-state index in [0.717, 1.165) is 70.6 Å². The summed E-state index contributed by atoms with van der Waals surface area (Å²) in [5, 5.41) is 6.84. The molecule has 0 bridgehead atoms. The van der Waals surface area contributed by atoms with Gasteiger partial charge in [-0.25, -0.2) is 0 Å². The van der Waals surface area contributed by atoms with Crippen LogP contribution in [0.2, 0.25) is 0 Å². The van der Waals surface area contributed by atoms with Gasteiger partial charge in [-0.1, -0.05) is 6.07 Å². The third kappa shape index (κ3) is 7.82. The monoisotopic (exact) mass is 518 g/mol. The quantitative estimate of drug-likeness (QED) is 0.227. The highest BCUT2D eigenvalue weighted by Crippen LogP contribution is 2.26. The van der Waals surface area contributed by atoms with Crippen LogP contribution in [0.3, 0.4) is 0 Å². The first kappa shape index (κ1) is 24.0. The van der Waals surface area contributed by atoms with Crippen LogP contribution >= 0.6 is 24.0 Å². The first-order valence-corrected chi connectivity index (χ1v) is 10.3. The van der Waals surface area contributed by atoms with Gasteiger partial charge in [-0.2, -0.15) is 0 Å². The van der Waals surface area contributed by atoms with Crippen molar-refractivity contribution in [2.24, 2.45) is 10.9 Å². The van der Waals surface area contributed by atoms with Crippen LogP contribution in [-0.4, -0.2) is 72.2 Å². The molecular weight excluding hydrogens is 483 g/mol. The fourth-order valence-electron chi connectivity index (χ4n) is 3.68. The molecule has 2 unspecified atom stereocenters. The molecule has 2 heterocycles. The molecular formula is C21H35IN4O3. The summed E-state index contributed by atoms with van der Waals surface area (Å²) in [5.41, 5.74) is 1.23. The lowest BCUT2D eigenvalue weighted by Gasteiger charge is -2.20. The van der Waals surface area contributed by atoms with Gasteiger partial charge in [0.1, 0.15) is 5.75 Å². The van der Waals surface area contributed by atoms with Crippen molar-refractivity contribution in [1.82, 2.24) is 10.6 Å². The van der Waals surface area contributed by atoms with E-state index in [-0.39, 0.29) is 30.1 Å². The van der Waals surface area contributed by atoms with Gasteiger partial charge < -0.3 is 29.7 Å². The number of nitrogens with zero attached hydrogens (tertiary/aromatic N) is 2. The Labute approximate surface area is 191 Å². The lowest BCUT2D eigenvalue weighted by atomic mass is 10.1. The minimum Gasteiger partial charge on any atom is -0.497 e. The minimum absolute atomic E-state index is 0. The summed E-state index contributed by atoms with van der Waals surface area (Å²) in [7, 11) is 3.53. The van der Waals surface area contributed by atoms with Crippen LogP contribution in [0.1, 0.15) is 19.3 Å². The number of ether oxygens (including phenoxy) is 3.